The number of hydrogen-bond acceptors (Lipinski definition) is 4. The van der Waals surface area contributed by atoms with Crippen LogP contribution in [0.3, 0.4) is 0 Å². The molecule has 0 saturated carbocycles. The van der Waals surface area contributed by atoms with Crippen LogP contribution in [0.2, 0.25) is 0 Å². The largest absolute Gasteiger partial charge is 0.383 e. The number of hydrogen-bond donors (Lipinski definition) is 2. The van der Waals surface area contributed by atoms with Crippen LogP contribution in [0.15, 0.2) is 39.9 Å². The molecule has 0 bridgehead atoms. The van der Waals surface area contributed by atoms with Crippen molar-refractivity contribution in [3.8, 4) is 0 Å². The topological polar surface area (TPSA) is 101 Å². The Morgan fingerprint density at radius 1 is 1.25 bits per heavy atom. The number of nitrogens with zero attached hydrogens (tertiary/aromatic N) is 2. The van der Waals surface area contributed by atoms with Gasteiger partial charge in [-0.3, -0.25) is 19.1 Å². The van der Waals surface area contributed by atoms with Crippen LogP contribution in [0.4, 0.5) is 11.5 Å². The normalized spacial score (nSPS) is 10.6. The van der Waals surface area contributed by atoms with Gasteiger partial charge in [0.15, 0.2) is 5.69 Å². The highest BCUT2D eigenvalue weighted by molar-refractivity contribution is 5.93. The zero-order valence-electron chi connectivity index (χ0n) is 13.9. The van der Waals surface area contributed by atoms with Gasteiger partial charge in [-0.05, 0) is 12.0 Å². The maximum Gasteiger partial charge on any atom is 0.330 e. The zero-order chi connectivity index (χ0) is 17.7. The molecule has 1 aromatic carbocycles. The highest BCUT2D eigenvalue weighted by Crippen LogP contribution is 2.18. The van der Waals surface area contributed by atoms with E-state index in [-0.39, 0.29) is 24.0 Å². The average molecular weight is 330 g/mol. The average Bonchev–Trinajstić information content (AvgIpc) is 2.55. The minimum absolute atomic E-state index is 0.00101. The molecule has 2 aromatic rings. The molecule has 1 aromatic heterocycles. The monoisotopic (exact) mass is 330 g/mol. The van der Waals surface area contributed by atoms with Gasteiger partial charge in [0.25, 0.3) is 5.56 Å². The Bertz CT molecular complexity index is 824. The van der Waals surface area contributed by atoms with E-state index in [2.05, 4.69) is 4.98 Å². The third-order valence-electron chi connectivity index (χ3n) is 3.78. The lowest BCUT2D eigenvalue weighted by molar-refractivity contribution is -0.116. The summed E-state index contributed by atoms with van der Waals surface area (Å²) in [4.78, 5) is 39.9. The van der Waals surface area contributed by atoms with Crippen LogP contribution >= 0.6 is 0 Å². The number of anilines is 2. The molecule has 3 N–H and O–H groups in total. The fourth-order valence-electron chi connectivity index (χ4n) is 2.50. The number of carbonyl (C=O) groups excluding carboxylic acids is 1. The third kappa shape index (κ3) is 3.73. The molecule has 0 aliphatic carbocycles. The number of nitrogens with two attached hydrogens (primary N) is 1. The molecule has 128 valence electrons. The van der Waals surface area contributed by atoms with E-state index in [0.717, 1.165) is 18.4 Å². The van der Waals surface area contributed by atoms with E-state index in [0.29, 0.717) is 6.54 Å². The van der Waals surface area contributed by atoms with Crippen molar-refractivity contribution in [2.45, 2.75) is 33.2 Å². The second kappa shape index (κ2) is 7.63. The Kier molecular flexibility index (Phi) is 5.57. The summed E-state index contributed by atoms with van der Waals surface area (Å²) in [5.74, 6) is -0.288. The van der Waals surface area contributed by atoms with Gasteiger partial charge in [0, 0.05) is 13.5 Å². The van der Waals surface area contributed by atoms with Crippen molar-refractivity contribution in [2.75, 3.05) is 17.2 Å². The van der Waals surface area contributed by atoms with Crippen molar-refractivity contribution in [1.29, 1.82) is 0 Å². The van der Waals surface area contributed by atoms with Crippen LogP contribution in [-0.2, 0) is 11.3 Å². The summed E-state index contributed by atoms with van der Waals surface area (Å²) < 4.78 is 1.27. The minimum atomic E-state index is -0.645. The fraction of sp³-hybridized carbons (Fsp3) is 0.353. The number of benzene rings is 1. The molecule has 0 unspecified atom stereocenters. The molecule has 24 heavy (non-hydrogen) atoms. The highest BCUT2D eigenvalue weighted by Gasteiger charge is 2.21. The number of rotatable bonds is 6. The molecular weight excluding hydrogens is 308 g/mol. The van der Waals surface area contributed by atoms with Crippen molar-refractivity contribution in [3.63, 3.8) is 0 Å². The first-order valence-electron chi connectivity index (χ1n) is 7.90. The van der Waals surface area contributed by atoms with Gasteiger partial charge in [0.2, 0.25) is 5.91 Å². The SMILES string of the molecule is CCCCN(C(C)=O)c1c(N)n(Cc2ccccc2)c(=O)[nH]c1=O. The first kappa shape index (κ1) is 17.5. The van der Waals surface area contributed by atoms with E-state index < -0.39 is 11.2 Å². The number of H-pyrrole nitrogens is 1. The smallest absolute Gasteiger partial charge is 0.330 e. The molecule has 7 heteroatoms. The number of nitrogens with one attached hydrogen (secondary N) is 1. The summed E-state index contributed by atoms with van der Waals surface area (Å²) in [5, 5.41) is 0. The molecule has 1 heterocycles. The summed E-state index contributed by atoms with van der Waals surface area (Å²) in [6, 6.07) is 9.29. The predicted molar refractivity (Wildman–Crippen MR) is 94.2 cm³/mol. The van der Waals surface area contributed by atoms with E-state index in [1.165, 1.54) is 16.4 Å². The number of aromatic amines is 1. The quantitative estimate of drug-likeness (QED) is 0.834. The zero-order valence-corrected chi connectivity index (χ0v) is 13.9. The second-order valence-corrected chi connectivity index (χ2v) is 5.59. The van der Waals surface area contributed by atoms with Gasteiger partial charge in [-0.15, -0.1) is 0 Å². The molecule has 0 spiro atoms. The molecule has 0 aliphatic rings. The van der Waals surface area contributed by atoms with Gasteiger partial charge in [0.05, 0.1) is 6.54 Å². The maximum atomic E-state index is 12.2. The van der Waals surface area contributed by atoms with Gasteiger partial charge in [-0.2, -0.15) is 0 Å². The molecule has 0 saturated heterocycles. The van der Waals surface area contributed by atoms with Crippen LogP contribution in [0, 0.1) is 0 Å². The molecule has 1 amide bonds. The van der Waals surface area contributed by atoms with Gasteiger partial charge >= 0.3 is 5.69 Å². The van der Waals surface area contributed by atoms with Gasteiger partial charge < -0.3 is 10.6 Å². The summed E-state index contributed by atoms with van der Waals surface area (Å²) in [6.07, 6.45) is 1.60. The lowest BCUT2D eigenvalue weighted by Gasteiger charge is -2.23. The van der Waals surface area contributed by atoms with Crippen molar-refractivity contribution in [2.24, 2.45) is 0 Å². The summed E-state index contributed by atoms with van der Waals surface area (Å²) >= 11 is 0. The molecular formula is C17H22N4O3. The molecule has 7 nitrogen and oxygen atoms in total. The number of unbranched alkanes of at least 4 members (excludes halogenated alkanes) is 1. The summed E-state index contributed by atoms with van der Waals surface area (Å²) in [5.41, 5.74) is 5.76. The van der Waals surface area contributed by atoms with Gasteiger partial charge in [0.1, 0.15) is 5.82 Å². The Balaban J connectivity index is 2.53. The minimum Gasteiger partial charge on any atom is -0.383 e. The molecule has 0 aliphatic heterocycles. The van der Waals surface area contributed by atoms with Crippen LogP contribution in [0.5, 0.6) is 0 Å². The summed E-state index contributed by atoms with van der Waals surface area (Å²) in [6.45, 7) is 3.96. The first-order valence-corrected chi connectivity index (χ1v) is 7.90. The Labute approximate surface area is 139 Å². The van der Waals surface area contributed by atoms with E-state index >= 15 is 0 Å². The van der Waals surface area contributed by atoms with Crippen molar-refractivity contribution in [3.05, 3.63) is 56.7 Å². The Morgan fingerprint density at radius 2 is 1.92 bits per heavy atom. The number of amides is 1. The fourth-order valence-corrected chi connectivity index (χ4v) is 2.50. The van der Waals surface area contributed by atoms with Gasteiger partial charge in [-0.25, -0.2) is 4.79 Å². The molecule has 2 rings (SSSR count). The van der Waals surface area contributed by atoms with E-state index in [9.17, 15) is 14.4 Å². The van der Waals surface area contributed by atoms with Gasteiger partial charge in [-0.1, -0.05) is 43.7 Å². The lowest BCUT2D eigenvalue weighted by Crippen LogP contribution is -2.40. The van der Waals surface area contributed by atoms with Crippen molar-refractivity contribution >= 4 is 17.4 Å². The highest BCUT2D eigenvalue weighted by atomic mass is 16.2. The van der Waals surface area contributed by atoms with E-state index in [4.69, 9.17) is 5.73 Å². The number of aromatic nitrogens is 2. The lowest BCUT2D eigenvalue weighted by atomic mass is 10.2. The molecule has 0 fully saturated rings. The van der Waals surface area contributed by atoms with E-state index in [1.54, 1.807) is 0 Å². The van der Waals surface area contributed by atoms with Crippen LogP contribution in [0.1, 0.15) is 32.3 Å². The first-order chi connectivity index (χ1) is 11.5. The molecule has 0 atom stereocenters. The Morgan fingerprint density at radius 3 is 2.50 bits per heavy atom. The number of nitrogen functional groups attached to an aromatic ring is 1. The van der Waals surface area contributed by atoms with Crippen molar-refractivity contribution in [1.82, 2.24) is 9.55 Å². The predicted octanol–water partition coefficient (Wildman–Crippen LogP) is 1.32. The van der Waals surface area contributed by atoms with Crippen LogP contribution in [0.25, 0.3) is 0 Å². The third-order valence-corrected chi connectivity index (χ3v) is 3.78. The van der Waals surface area contributed by atoms with Crippen LogP contribution in [-0.4, -0.2) is 22.0 Å². The van der Waals surface area contributed by atoms with E-state index in [1.807, 2.05) is 37.3 Å². The summed E-state index contributed by atoms with van der Waals surface area (Å²) in [7, 11) is 0. The molecule has 0 radical (unpaired) electrons. The van der Waals surface area contributed by atoms with Crippen LogP contribution < -0.4 is 21.9 Å². The Hall–Kier alpha value is -2.83. The second-order valence-electron chi connectivity index (χ2n) is 5.59. The standard InChI is InChI=1S/C17H22N4O3/c1-3-4-10-20(12(2)22)14-15(18)21(17(24)19-16(14)23)11-13-8-6-5-7-9-13/h5-9H,3-4,10-11,18H2,1-2H3,(H,19,23,24). The maximum absolute atomic E-state index is 12.2. The number of carbonyl (C=O) groups is 1. The van der Waals surface area contributed by atoms with Crippen molar-refractivity contribution < 1.29 is 4.79 Å².